The highest BCUT2D eigenvalue weighted by Gasteiger charge is 2.19. The van der Waals surface area contributed by atoms with Crippen molar-refractivity contribution in [1.29, 1.82) is 0 Å². The van der Waals surface area contributed by atoms with Crippen molar-refractivity contribution in [2.24, 2.45) is 17.8 Å². The third-order valence-corrected chi connectivity index (χ3v) is 3.45. The number of carbonyl (C=O) groups excluding carboxylic acids is 1. The van der Waals surface area contributed by atoms with Crippen molar-refractivity contribution in [2.45, 2.75) is 79.7 Å². The molecular formula is C16H33NO. The second-order valence-corrected chi connectivity index (χ2v) is 6.57. The van der Waals surface area contributed by atoms with Crippen LogP contribution in [0.3, 0.4) is 0 Å². The predicted molar refractivity (Wildman–Crippen MR) is 79.5 cm³/mol. The molecule has 0 aliphatic rings. The van der Waals surface area contributed by atoms with E-state index in [1.54, 1.807) is 0 Å². The Bertz CT molecular complexity index is 213. The molecule has 0 unspecified atom stereocenters. The molecule has 0 radical (unpaired) electrons. The number of hydrogen-bond donors (Lipinski definition) is 1. The summed E-state index contributed by atoms with van der Waals surface area (Å²) in [5.74, 6) is 2.03. The van der Waals surface area contributed by atoms with Crippen LogP contribution in [-0.4, -0.2) is 11.9 Å². The van der Waals surface area contributed by atoms with Gasteiger partial charge >= 0.3 is 0 Å². The van der Waals surface area contributed by atoms with E-state index < -0.39 is 0 Å². The summed E-state index contributed by atoms with van der Waals surface area (Å²) >= 11 is 0. The van der Waals surface area contributed by atoms with Crippen molar-refractivity contribution in [3.8, 4) is 0 Å². The minimum Gasteiger partial charge on any atom is -0.353 e. The molecule has 0 saturated heterocycles. The van der Waals surface area contributed by atoms with Crippen LogP contribution in [0.2, 0.25) is 0 Å². The van der Waals surface area contributed by atoms with Crippen LogP contribution in [0, 0.1) is 17.8 Å². The van der Waals surface area contributed by atoms with Crippen molar-refractivity contribution >= 4 is 5.91 Å². The molecule has 2 heteroatoms. The van der Waals surface area contributed by atoms with E-state index in [-0.39, 0.29) is 5.91 Å². The maximum atomic E-state index is 11.8. The Morgan fingerprint density at radius 1 is 0.889 bits per heavy atom. The van der Waals surface area contributed by atoms with Gasteiger partial charge in [0.2, 0.25) is 5.91 Å². The molecule has 0 aromatic rings. The van der Waals surface area contributed by atoms with Gasteiger partial charge in [-0.15, -0.1) is 0 Å². The fourth-order valence-corrected chi connectivity index (χ4v) is 2.38. The summed E-state index contributed by atoms with van der Waals surface area (Å²) in [5.41, 5.74) is 0. The lowest BCUT2D eigenvalue weighted by molar-refractivity contribution is -0.122. The van der Waals surface area contributed by atoms with E-state index >= 15 is 0 Å². The summed E-state index contributed by atoms with van der Waals surface area (Å²) < 4.78 is 0. The van der Waals surface area contributed by atoms with Crippen LogP contribution in [-0.2, 0) is 4.79 Å². The molecule has 1 amide bonds. The molecule has 0 aromatic carbocycles. The number of carbonyl (C=O) groups is 1. The average molecular weight is 255 g/mol. The number of rotatable bonds is 9. The third kappa shape index (κ3) is 8.54. The number of hydrogen-bond acceptors (Lipinski definition) is 1. The second kappa shape index (κ2) is 9.41. The van der Waals surface area contributed by atoms with Gasteiger partial charge in [-0.2, -0.15) is 0 Å². The van der Waals surface area contributed by atoms with Crippen LogP contribution in [0.5, 0.6) is 0 Å². The Balaban J connectivity index is 3.76. The molecule has 0 aliphatic heterocycles. The van der Waals surface area contributed by atoms with Gasteiger partial charge in [0.25, 0.3) is 0 Å². The smallest absolute Gasteiger partial charge is 0.220 e. The predicted octanol–water partition coefficient (Wildman–Crippen LogP) is 4.39. The number of nitrogens with one attached hydrogen (secondary N) is 1. The van der Waals surface area contributed by atoms with Crippen LogP contribution in [0.25, 0.3) is 0 Å². The highest BCUT2D eigenvalue weighted by molar-refractivity contribution is 5.76. The first-order valence-electron chi connectivity index (χ1n) is 7.64. The molecule has 18 heavy (non-hydrogen) atoms. The monoisotopic (exact) mass is 255 g/mol. The summed E-state index contributed by atoms with van der Waals surface area (Å²) in [7, 11) is 0. The van der Waals surface area contributed by atoms with Crippen molar-refractivity contribution in [2.75, 3.05) is 0 Å². The average Bonchev–Trinajstić information content (AvgIpc) is 2.24. The number of amides is 1. The highest BCUT2D eigenvalue weighted by Crippen LogP contribution is 2.13. The maximum absolute atomic E-state index is 11.8. The lowest BCUT2D eigenvalue weighted by atomic mass is 9.93. The summed E-state index contributed by atoms with van der Waals surface area (Å²) in [5, 5.41) is 3.18. The van der Waals surface area contributed by atoms with Gasteiger partial charge in [-0.25, -0.2) is 0 Å². The first-order chi connectivity index (χ1) is 8.34. The molecule has 108 valence electrons. The normalized spacial score (nSPS) is 11.9. The first-order valence-corrected chi connectivity index (χ1v) is 7.64. The summed E-state index contributed by atoms with van der Waals surface area (Å²) in [6, 6.07) is 0.313. The zero-order valence-electron chi connectivity index (χ0n) is 13.3. The zero-order chi connectivity index (χ0) is 14.1. The minimum atomic E-state index is 0.229. The second-order valence-electron chi connectivity index (χ2n) is 6.57. The summed E-state index contributed by atoms with van der Waals surface area (Å²) in [6.07, 6.45) is 5.43. The molecule has 0 heterocycles. The Labute approximate surface area is 114 Å². The Kier molecular flexibility index (Phi) is 9.13. The Morgan fingerprint density at radius 3 is 1.89 bits per heavy atom. The van der Waals surface area contributed by atoms with Gasteiger partial charge < -0.3 is 5.32 Å². The fraction of sp³-hybridized carbons (Fsp3) is 0.938. The van der Waals surface area contributed by atoms with Crippen molar-refractivity contribution in [1.82, 2.24) is 5.32 Å². The van der Waals surface area contributed by atoms with Gasteiger partial charge in [0, 0.05) is 12.5 Å². The van der Waals surface area contributed by atoms with E-state index in [0.29, 0.717) is 24.3 Å². The van der Waals surface area contributed by atoms with E-state index in [2.05, 4.69) is 46.9 Å². The number of unbranched alkanes of at least 4 members (excludes halogenated alkanes) is 2. The van der Waals surface area contributed by atoms with Crippen molar-refractivity contribution in [3.63, 3.8) is 0 Å². The molecule has 1 N–H and O–H groups in total. The highest BCUT2D eigenvalue weighted by atomic mass is 16.1. The lowest BCUT2D eigenvalue weighted by Crippen LogP contribution is -2.42. The van der Waals surface area contributed by atoms with E-state index in [0.717, 1.165) is 12.3 Å². The maximum Gasteiger partial charge on any atom is 0.220 e. The van der Waals surface area contributed by atoms with Gasteiger partial charge in [0.1, 0.15) is 0 Å². The molecule has 0 aliphatic carbocycles. The molecule has 0 saturated carbocycles. The quantitative estimate of drug-likeness (QED) is 0.608. The molecular weight excluding hydrogens is 222 g/mol. The zero-order valence-corrected chi connectivity index (χ0v) is 13.3. The van der Waals surface area contributed by atoms with Crippen LogP contribution in [0.1, 0.15) is 73.6 Å². The standard InChI is InChI=1S/C16H33NO/c1-12(2)10-8-7-9-11-15(18)17-16(13(3)4)14(5)6/h12-14,16H,7-11H2,1-6H3,(H,17,18). The molecule has 0 rings (SSSR count). The fourth-order valence-electron chi connectivity index (χ4n) is 2.38. The lowest BCUT2D eigenvalue weighted by Gasteiger charge is -2.26. The molecule has 0 atom stereocenters. The van der Waals surface area contributed by atoms with E-state index in [9.17, 15) is 4.79 Å². The van der Waals surface area contributed by atoms with E-state index in [4.69, 9.17) is 0 Å². The van der Waals surface area contributed by atoms with Gasteiger partial charge in [-0.3, -0.25) is 4.79 Å². The topological polar surface area (TPSA) is 29.1 Å². The molecule has 0 bridgehead atoms. The van der Waals surface area contributed by atoms with Crippen LogP contribution in [0.15, 0.2) is 0 Å². The van der Waals surface area contributed by atoms with E-state index in [1.165, 1.54) is 19.3 Å². The van der Waals surface area contributed by atoms with Gasteiger partial charge in [0.05, 0.1) is 0 Å². The third-order valence-electron chi connectivity index (χ3n) is 3.45. The van der Waals surface area contributed by atoms with Crippen LogP contribution < -0.4 is 5.32 Å². The van der Waals surface area contributed by atoms with Gasteiger partial charge in [-0.1, -0.05) is 60.8 Å². The van der Waals surface area contributed by atoms with E-state index in [1.807, 2.05) is 0 Å². The van der Waals surface area contributed by atoms with Crippen LogP contribution in [0.4, 0.5) is 0 Å². The molecule has 0 aromatic heterocycles. The Morgan fingerprint density at radius 2 is 1.44 bits per heavy atom. The SMILES string of the molecule is CC(C)CCCCCC(=O)NC(C(C)C)C(C)C. The van der Waals surface area contributed by atoms with Crippen molar-refractivity contribution in [3.05, 3.63) is 0 Å². The van der Waals surface area contributed by atoms with Gasteiger partial charge in [-0.05, 0) is 24.2 Å². The van der Waals surface area contributed by atoms with Crippen LogP contribution >= 0.6 is 0 Å². The largest absolute Gasteiger partial charge is 0.353 e. The molecule has 2 nitrogen and oxygen atoms in total. The summed E-state index contributed by atoms with van der Waals surface area (Å²) in [6.45, 7) is 13.2. The van der Waals surface area contributed by atoms with Crippen molar-refractivity contribution < 1.29 is 4.79 Å². The van der Waals surface area contributed by atoms with Gasteiger partial charge in [0.15, 0.2) is 0 Å². The summed E-state index contributed by atoms with van der Waals surface area (Å²) in [4.78, 5) is 11.8. The molecule has 0 fully saturated rings. The Hall–Kier alpha value is -0.530. The first kappa shape index (κ1) is 17.5. The minimum absolute atomic E-state index is 0.229. The molecule has 0 spiro atoms.